The lowest BCUT2D eigenvalue weighted by Crippen LogP contribution is -2.39. The molecule has 8 heteroatoms. The minimum atomic E-state index is -3.17. The van der Waals surface area contributed by atoms with Gasteiger partial charge in [-0.1, -0.05) is 24.3 Å². The summed E-state index contributed by atoms with van der Waals surface area (Å²) in [6.07, 6.45) is 4.85. The minimum absolute atomic E-state index is 0.0954. The molecule has 26 heavy (non-hydrogen) atoms. The van der Waals surface area contributed by atoms with Crippen LogP contribution in [-0.4, -0.2) is 57.6 Å². The van der Waals surface area contributed by atoms with Crippen LogP contribution >= 0.6 is 0 Å². The van der Waals surface area contributed by atoms with Crippen LogP contribution in [0.5, 0.6) is 0 Å². The maximum atomic E-state index is 12.2. The van der Waals surface area contributed by atoms with Crippen molar-refractivity contribution in [3.63, 3.8) is 0 Å². The number of nitrogens with one attached hydrogen (secondary N) is 1. The molecule has 0 saturated carbocycles. The first-order valence-corrected chi connectivity index (χ1v) is 9.84. The number of carbonyl (C=O) groups excluding carboxylic acids is 2. The van der Waals surface area contributed by atoms with Gasteiger partial charge in [0.2, 0.25) is 10.0 Å². The molecule has 1 atom stereocenters. The molecule has 1 N–H and O–H groups in total. The molecule has 0 radical (unpaired) electrons. The summed E-state index contributed by atoms with van der Waals surface area (Å²) in [6.45, 7) is 1.55. The number of hydrogen-bond donors (Lipinski definition) is 1. The van der Waals surface area contributed by atoms with Crippen molar-refractivity contribution in [2.24, 2.45) is 0 Å². The number of rotatable bonds is 9. The Labute approximate surface area is 155 Å². The zero-order valence-corrected chi connectivity index (χ0v) is 16.4. The van der Waals surface area contributed by atoms with Crippen LogP contribution in [0.25, 0.3) is 6.08 Å². The van der Waals surface area contributed by atoms with E-state index in [0.717, 1.165) is 5.56 Å². The van der Waals surface area contributed by atoms with Crippen molar-refractivity contribution in [2.45, 2.75) is 25.8 Å². The SMILES string of the molecule is COC(=O)C(C)NC(=O)c1cccc(C=CCCCS(=O)(=O)N(C)C)c1. The third kappa shape index (κ3) is 6.97. The highest BCUT2D eigenvalue weighted by Gasteiger charge is 2.16. The molecule has 0 heterocycles. The van der Waals surface area contributed by atoms with E-state index in [0.29, 0.717) is 18.4 Å². The molecule has 0 aliphatic heterocycles. The van der Waals surface area contributed by atoms with Gasteiger partial charge in [-0.2, -0.15) is 0 Å². The van der Waals surface area contributed by atoms with E-state index >= 15 is 0 Å². The second kappa shape index (κ2) is 10.1. The zero-order valence-electron chi connectivity index (χ0n) is 15.6. The van der Waals surface area contributed by atoms with Crippen LogP contribution < -0.4 is 5.32 Å². The lowest BCUT2D eigenvalue weighted by Gasteiger charge is -2.11. The van der Waals surface area contributed by atoms with E-state index in [1.807, 2.05) is 18.2 Å². The van der Waals surface area contributed by atoms with Gasteiger partial charge < -0.3 is 10.1 Å². The van der Waals surface area contributed by atoms with Crippen LogP contribution in [-0.2, 0) is 19.6 Å². The second-order valence-corrected chi connectivity index (χ2v) is 8.29. The van der Waals surface area contributed by atoms with Gasteiger partial charge in [0, 0.05) is 19.7 Å². The number of amides is 1. The first-order chi connectivity index (χ1) is 12.2. The highest BCUT2D eigenvalue weighted by molar-refractivity contribution is 7.89. The number of sulfonamides is 1. The number of methoxy groups -OCH3 is 1. The Bertz CT molecular complexity index is 757. The summed E-state index contributed by atoms with van der Waals surface area (Å²) >= 11 is 0. The number of esters is 1. The first-order valence-electron chi connectivity index (χ1n) is 8.23. The van der Waals surface area contributed by atoms with Crippen molar-refractivity contribution in [3.8, 4) is 0 Å². The number of allylic oxidation sites excluding steroid dienone is 1. The monoisotopic (exact) mass is 382 g/mol. The minimum Gasteiger partial charge on any atom is -0.467 e. The number of unbranched alkanes of at least 4 members (excludes halogenated alkanes) is 1. The van der Waals surface area contributed by atoms with Crippen LogP contribution in [0.3, 0.4) is 0 Å². The Kier molecular flexibility index (Phi) is 8.47. The molecule has 7 nitrogen and oxygen atoms in total. The average Bonchev–Trinajstić information content (AvgIpc) is 2.60. The highest BCUT2D eigenvalue weighted by Crippen LogP contribution is 2.09. The lowest BCUT2D eigenvalue weighted by atomic mass is 10.1. The van der Waals surface area contributed by atoms with Gasteiger partial charge in [0.25, 0.3) is 5.91 Å². The van der Waals surface area contributed by atoms with E-state index in [1.165, 1.54) is 25.5 Å². The summed E-state index contributed by atoms with van der Waals surface area (Å²) in [5.74, 6) is -0.782. The number of ether oxygens (including phenoxy) is 1. The van der Waals surface area contributed by atoms with Crippen molar-refractivity contribution in [1.82, 2.24) is 9.62 Å². The molecule has 1 unspecified atom stereocenters. The third-order valence-corrected chi connectivity index (χ3v) is 5.61. The molecule has 0 aromatic heterocycles. The normalized spacial score (nSPS) is 13.0. The second-order valence-electron chi connectivity index (χ2n) is 5.99. The molecule has 0 aliphatic rings. The van der Waals surface area contributed by atoms with Crippen molar-refractivity contribution < 1.29 is 22.7 Å². The molecule has 0 saturated heterocycles. The largest absolute Gasteiger partial charge is 0.467 e. The van der Waals surface area contributed by atoms with Gasteiger partial charge in [0.1, 0.15) is 6.04 Å². The number of nitrogens with zero attached hydrogens (tertiary/aromatic N) is 1. The molecule has 0 aliphatic carbocycles. The number of hydrogen-bond acceptors (Lipinski definition) is 5. The van der Waals surface area contributed by atoms with Gasteiger partial charge in [0.05, 0.1) is 12.9 Å². The van der Waals surface area contributed by atoms with Crippen LogP contribution in [0, 0.1) is 0 Å². The van der Waals surface area contributed by atoms with Crippen molar-refractivity contribution in [2.75, 3.05) is 27.0 Å². The quantitative estimate of drug-likeness (QED) is 0.518. The zero-order chi connectivity index (χ0) is 19.7. The molecular weight excluding hydrogens is 356 g/mol. The van der Waals surface area contributed by atoms with E-state index in [2.05, 4.69) is 10.1 Å². The van der Waals surface area contributed by atoms with Crippen molar-refractivity contribution in [3.05, 3.63) is 41.5 Å². The fraction of sp³-hybridized carbons (Fsp3) is 0.444. The Morgan fingerprint density at radius 1 is 1.31 bits per heavy atom. The van der Waals surface area contributed by atoms with Crippen LogP contribution in [0.1, 0.15) is 35.7 Å². The smallest absolute Gasteiger partial charge is 0.328 e. The molecule has 0 spiro atoms. The van der Waals surface area contributed by atoms with Gasteiger partial charge in [0.15, 0.2) is 0 Å². The van der Waals surface area contributed by atoms with Crippen LogP contribution in [0.15, 0.2) is 30.3 Å². The fourth-order valence-electron chi connectivity index (χ4n) is 2.08. The fourth-order valence-corrected chi connectivity index (χ4v) is 2.98. The highest BCUT2D eigenvalue weighted by atomic mass is 32.2. The lowest BCUT2D eigenvalue weighted by molar-refractivity contribution is -0.142. The average molecular weight is 382 g/mol. The number of carbonyl (C=O) groups is 2. The van der Waals surface area contributed by atoms with Crippen LogP contribution in [0.4, 0.5) is 0 Å². The summed E-state index contributed by atoms with van der Waals surface area (Å²) in [5.41, 5.74) is 1.25. The van der Waals surface area contributed by atoms with Crippen LogP contribution in [0.2, 0.25) is 0 Å². The summed E-state index contributed by atoms with van der Waals surface area (Å²) in [6, 6.07) is 6.21. The van der Waals surface area contributed by atoms with E-state index in [-0.39, 0.29) is 11.7 Å². The Morgan fingerprint density at radius 3 is 2.62 bits per heavy atom. The van der Waals surface area contributed by atoms with E-state index in [1.54, 1.807) is 25.1 Å². The molecule has 144 valence electrons. The molecule has 1 aromatic carbocycles. The molecular formula is C18H26N2O5S. The van der Waals surface area contributed by atoms with Crippen molar-refractivity contribution >= 4 is 28.0 Å². The maximum Gasteiger partial charge on any atom is 0.328 e. The summed E-state index contributed by atoms with van der Waals surface area (Å²) in [5, 5.41) is 2.57. The van der Waals surface area contributed by atoms with E-state index in [9.17, 15) is 18.0 Å². The van der Waals surface area contributed by atoms with Gasteiger partial charge in [-0.3, -0.25) is 4.79 Å². The van der Waals surface area contributed by atoms with E-state index in [4.69, 9.17) is 0 Å². The molecule has 1 rings (SSSR count). The predicted octanol–water partition coefficient (Wildman–Crippen LogP) is 1.66. The van der Waals surface area contributed by atoms with Gasteiger partial charge in [-0.05, 0) is 37.5 Å². The third-order valence-electron chi connectivity index (χ3n) is 3.69. The Hall–Kier alpha value is -2.19. The molecule has 1 aromatic rings. The Balaban J connectivity index is 2.61. The van der Waals surface area contributed by atoms with Gasteiger partial charge >= 0.3 is 5.97 Å². The number of benzene rings is 1. The molecule has 0 fully saturated rings. The Morgan fingerprint density at radius 2 is 2.00 bits per heavy atom. The summed E-state index contributed by atoms with van der Waals surface area (Å²) in [4.78, 5) is 23.5. The molecule has 0 bridgehead atoms. The first kappa shape index (κ1) is 21.9. The summed E-state index contributed by atoms with van der Waals surface area (Å²) in [7, 11) is 1.12. The standard InChI is InChI=1S/C18H26N2O5S/c1-14(18(22)25-4)19-17(21)16-11-8-10-15(13-16)9-6-5-7-12-26(23,24)20(2)3/h6,8-11,13-14H,5,7,12H2,1-4H3,(H,19,21). The van der Waals surface area contributed by atoms with E-state index < -0.39 is 22.0 Å². The topological polar surface area (TPSA) is 92.8 Å². The predicted molar refractivity (Wildman–Crippen MR) is 101 cm³/mol. The molecule has 1 amide bonds. The van der Waals surface area contributed by atoms with Gasteiger partial charge in [-0.15, -0.1) is 0 Å². The maximum absolute atomic E-state index is 12.2. The summed E-state index contributed by atoms with van der Waals surface area (Å²) < 4.78 is 29.1. The van der Waals surface area contributed by atoms with Crippen molar-refractivity contribution in [1.29, 1.82) is 0 Å². The van der Waals surface area contributed by atoms with Gasteiger partial charge in [-0.25, -0.2) is 17.5 Å².